The number of rotatable bonds is 11. The Balaban J connectivity index is 1.48. The fourth-order valence-electron chi connectivity index (χ4n) is 4.69. The molecule has 0 saturated carbocycles. The molecule has 1 atom stereocenters. The quantitative estimate of drug-likeness (QED) is 0.208. The normalized spacial score (nSPS) is 12.8. The Hall–Kier alpha value is -3.29. The summed E-state index contributed by atoms with van der Waals surface area (Å²) in [6.07, 6.45) is -3.23. The summed E-state index contributed by atoms with van der Waals surface area (Å²) in [7, 11) is 0. The number of nitrogens with zero attached hydrogens (tertiary/aromatic N) is 1. The Bertz CT molecular complexity index is 1380. The van der Waals surface area contributed by atoms with Crippen LogP contribution in [0.1, 0.15) is 47.3 Å². The lowest BCUT2D eigenvalue weighted by Gasteiger charge is -2.27. The molecule has 0 bridgehead atoms. The van der Waals surface area contributed by atoms with E-state index in [2.05, 4.69) is 11.8 Å². The second-order valence-electron chi connectivity index (χ2n) is 9.58. The number of furan rings is 1. The van der Waals surface area contributed by atoms with Gasteiger partial charge in [-0.15, -0.1) is 0 Å². The predicted octanol–water partition coefficient (Wildman–Crippen LogP) is 7.97. The number of aryl methyl sites for hydroxylation is 1. The van der Waals surface area contributed by atoms with Crippen LogP contribution in [-0.4, -0.2) is 29.1 Å². The maximum absolute atomic E-state index is 13.4. The van der Waals surface area contributed by atoms with Crippen molar-refractivity contribution >= 4 is 28.5 Å². The molecule has 0 aliphatic carbocycles. The van der Waals surface area contributed by atoms with E-state index in [1.54, 1.807) is 18.2 Å². The van der Waals surface area contributed by atoms with Gasteiger partial charge in [0.05, 0.1) is 17.0 Å². The molecule has 0 amide bonds. The van der Waals surface area contributed by atoms with Gasteiger partial charge in [0.1, 0.15) is 11.3 Å². The smallest absolute Gasteiger partial charge is 0.417 e. The van der Waals surface area contributed by atoms with Gasteiger partial charge in [-0.3, -0.25) is 9.69 Å². The van der Waals surface area contributed by atoms with Crippen LogP contribution in [-0.2, 0) is 30.4 Å². The number of alkyl halides is 3. The third-order valence-corrected chi connectivity index (χ3v) is 7.01. The molecular formula is C30H29ClF3NO3. The zero-order valence-electron chi connectivity index (χ0n) is 21.0. The lowest BCUT2D eigenvalue weighted by atomic mass is 10.00. The van der Waals surface area contributed by atoms with E-state index < -0.39 is 17.7 Å². The minimum Gasteiger partial charge on any atom is -0.481 e. The molecule has 3 aromatic carbocycles. The lowest BCUT2D eigenvalue weighted by Crippen LogP contribution is -2.29. The van der Waals surface area contributed by atoms with Crippen molar-refractivity contribution < 1.29 is 27.5 Å². The minimum absolute atomic E-state index is 0.0708. The zero-order chi connectivity index (χ0) is 27.3. The van der Waals surface area contributed by atoms with Gasteiger partial charge < -0.3 is 9.52 Å². The molecule has 0 aliphatic rings. The first-order chi connectivity index (χ1) is 18.1. The molecule has 0 spiro atoms. The Kier molecular flexibility index (Phi) is 8.80. The van der Waals surface area contributed by atoms with E-state index >= 15 is 0 Å². The van der Waals surface area contributed by atoms with E-state index in [4.69, 9.17) is 21.1 Å². The van der Waals surface area contributed by atoms with Crippen molar-refractivity contribution in [3.63, 3.8) is 0 Å². The number of hydrogen-bond acceptors (Lipinski definition) is 3. The van der Waals surface area contributed by atoms with Crippen molar-refractivity contribution in [2.75, 3.05) is 13.1 Å². The van der Waals surface area contributed by atoms with Crippen molar-refractivity contribution in [2.45, 2.75) is 44.8 Å². The number of fused-ring (bicyclic) bond motifs is 1. The van der Waals surface area contributed by atoms with Crippen molar-refractivity contribution in [2.24, 2.45) is 0 Å². The summed E-state index contributed by atoms with van der Waals surface area (Å²) < 4.78 is 46.2. The maximum atomic E-state index is 13.4. The molecule has 4 nitrogen and oxygen atoms in total. The molecule has 0 radical (unpaired) electrons. The van der Waals surface area contributed by atoms with Crippen LogP contribution in [0.3, 0.4) is 0 Å². The van der Waals surface area contributed by atoms with Crippen LogP contribution in [0.15, 0.2) is 77.2 Å². The Morgan fingerprint density at radius 2 is 1.82 bits per heavy atom. The van der Waals surface area contributed by atoms with Gasteiger partial charge in [0, 0.05) is 24.9 Å². The average molecular weight is 544 g/mol. The molecule has 0 fully saturated rings. The van der Waals surface area contributed by atoms with Gasteiger partial charge >= 0.3 is 12.1 Å². The van der Waals surface area contributed by atoms with Crippen molar-refractivity contribution in [1.82, 2.24) is 4.90 Å². The van der Waals surface area contributed by atoms with Crippen LogP contribution in [0, 0.1) is 0 Å². The predicted molar refractivity (Wildman–Crippen MR) is 142 cm³/mol. The standard InChI is InChI=1S/C30H29ClF3NO3/c1-20(22-7-3-2-4-8-22)18-35(19-24-9-5-11-26(29(24)31)30(32,33)34)14-6-10-25-17-23-13-12-21(16-28(36)37)15-27(23)38-25/h2-5,7-9,11-13,15,17,20H,6,10,14,16,18-19H2,1H3,(H,36,37). The molecular weight excluding hydrogens is 515 g/mol. The first-order valence-corrected chi connectivity index (χ1v) is 12.8. The number of hydrogen-bond donors (Lipinski definition) is 1. The van der Waals surface area contributed by atoms with Crippen molar-refractivity contribution in [1.29, 1.82) is 0 Å². The van der Waals surface area contributed by atoms with E-state index in [-0.39, 0.29) is 17.4 Å². The summed E-state index contributed by atoms with van der Waals surface area (Å²) >= 11 is 6.21. The molecule has 1 aromatic heterocycles. The van der Waals surface area contributed by atoms with E-state index in [0.717, 1.165) is 29.2 Å². The number of carboxylic acids is 1. The summed E-state index contributed by atoms with van der Waals surface area (Å²) in [5, 5.41) is 9.67. The first-order valence-electron chi connectivity index (χ1n) is 12.4. The van der Waals surface area contributed by atoms with E-state index in [1.165, 1.54) is 6.07 Å². The van der Waals surface area contributed by atoms with Crippen LogP contribution < -0.4 is 0 Å². The van der Waals surface area contributed by atoms with E-state index in [0.29, 0.717) is 42.8 Å². The van der Waals surface area contributed by atoms with Gasteiger partial charge in [0.2, 0.25) is 0 Å². The van der Waals surface area contributed by atoms with Crippen LogP contribution in [0.5, 0.6) is 0 Å². The fourth-order valence-corrected chi connectivity index (χ4v) is 4.98. The Morgan fingerprint density at radius 3 is 2.53 bits per heavy atom. The maximum Gasteiger partial charge on any atom is 0.417 e. The number of carbonyl (C=O) groups is 1. The summed E-state index contributed by atoms with van der Waals surface area (Å²) in [5.41, 5.74) is 2.09. The molecule has 4 rings (SSSR count). The van der Waals surface area contributed by atoms with Crippen molar-refractivity contribution in [3.05, 3.63) is 106 Å². The second-order valence-corrected chi connectivity index (χ2v) is 9.96. The molecule has 0 saturated heterocycles. The van der Waals surface area contributed by atoms with Crippen LogP contribution in [0.4, 0.5) is 13.2 Å². The van der Waals surface area contributed by atoms with Gasteiger partial charge in [-0.05, 0) is 53.8 Å². The largest absolute Gasteiger partial charge is 0.481 e. The highest BCUT2D eigenvalue weighted by Crippen LogP contribution is 2.36. The van der Waals surface area contributed by atoms with Gasteiger partial charge in [-0.25, -0.2) is 0 Å². The Morgan fingerprint density at radius 1 is 1.05 bits per heavy atom. The third-order valence-electron chi connectivity index (χ3n) is 6.57. The van der Waals surface area contributed by atoms with Gasteiger partial charge in [0.25, 0.3) is 0 Å². The third kappa shape index (κ3) is 7.17. The molecule has 0 aliphatic heterocycles. The van der Waals surface area contributed by atoms with E-state index in [9.17, 15) is 18.0 Å². The topological polar surface area (TPSA) is 53.7 Å². The monoisotopic (exact) mass is 543 g/mol. The molecule has 200 valence electrons. The summed E-state index contributed by atoms with van der Waals surface area (Å²) in [4.78, 5) is 13.1. The van der Waals surface area contributed by atoms with Gasteiger partial charge in [-0.1, -0.05) is 73.1 Å². The lowest BCUT2D eigenvalue weighted by molar-refractivity contribution is -0.138. The summed E-state index contributed by atoms with van der Waals surface area (Å²) in [6.45, 7) is 3.67. The van der Waals surface area contributed by atoms with Crippen LogP contribution in [0.25, 0.3) is 11.0 Å². The molecule has 38 heavy (non-hydrogen) atoms. The summed E-state index contributed by atoms with van der Waals surface area (Å²) in [5.74, 6) is 0.0436. The first kappa shape index (κ1) is 27.7. The summed E-state index contributed by atoms with van der Waals surface area (Å²) in [6, 6.07) is 21.4. The molecule has 4 aromatic rings. The highest BCUT2D eigenvalue weighted by Gasteiger charge is 2.34. The minimum atomic E-state index is -4.51. The molecule has 8 heteroatoms. The molecule has 1 heterocycles. The second kappa shape index (κ2) is 12.0. The Labute approximate surface area is 224 Å². The highest BCUT2D eigenvalue weighted by atomic mass is 35.5. The zero-order valence-corrected chi connectivity index (χ0v) is 21.7. The highest BCUT2D eigenvalue weighted by molar-refractivity contribution is 6.32. The number of benzene rings is 3. The number of aliphatic carboxylic acids is 1. The number of carboxylic acid groups (broad SMARTS) is 1. The average Bonchev–Trinajstić information content (AvgIpc) is 3.26. The molecule has 1 unspecified atom stereocenters. The fraction of sp³-hybridized carbons (Fsp3) is 0.300. The number of halogens is 4. The SMILES string of the molecule is CC(CN(CCCc1cc2ccc(CC(=O)O)cc2o1)Cc1cccc(C(F)(F)F)c1Cl)c1ccccc1. The van der Waals surface area contributed by atoms with Crippen LogP contribution >= 0.6 is 11.6 Å². The van der Waals surface area contributed by atoms with Crippen LogP contribution in [0.2, 0.25) is 5.02 Å². The van der Waals surface area contributed by atoms with Gasteiger partial charge in [0.15, 0.2) is 0 Å². The van der Waals surface area contributed by atoms with Crippen molar-refractivity contribution in [3.8, 4) is 0 Å². The van der Waals surface area contributed by atoms with E-state index in [1.807, 2.05) is 42.5 Å². The van der Waals surface area contributed by atoms with Gasteiger partial charge in [-0.2, -0.15) is 13.2 Å². The molecule has 1 N–H and O–H groups in total.